The lowest BCUT2D eigenvalue weighted by Crippen LogP contribution is -2.17. The van der Waals surface area contributed by atoms with Crippen molar-refractivity contribution in [2.24, 2.45) is 5.73 Å². The smallest absolute Gasteiger partial charge is 0.0352 e. The van der Waals surface area contributed by atoms with Gasteiger partial charge in [0.15, 0.2) is 0 Å². The number of hydrogen-bond acceptors (Lipinski definition) is 2. The van der Waals surface area contributed by atoms with Gasteiger partial charge in [-0.1, -0.05) is 48.5 Å². The third-order valence-corrected chi connectivity index (χ3v) is 3.49. The first kappa shape index (κ1) is 12.8. The number of nitrogens with two attached hydrogens (primary N) is 1. The number of nitrogens with zero attached hydrogens (tertiary/aromatic N) is 1. The molecule has 0 radical (unpaired) electrons. The molecule has 0 amide bonds. The largest absolute Gasteiger partial charge is 0.328 e. The third kappa shape index (κ3) is 2.56. The Morgan fingerprint density at radius 2 is 1.75 bits per heavy atom. The molecule has 2 nitrogen and oxygen atoms in total. The number of benzene rings is 2. The van der Waals surface area contributed by atoms with Crippen LogP contribution in [0, 0.1) is 0 Å². The molecule has 0 aliphatic heterocycles. The Kier molecular flexibility index (Phi) is 3.48. The van der Waals surface area contributed by atoms with Gasteiger partial charge in [-0.05, 0) is 29.9 Å². The maximum absolute atomic E-state index is 5.84. The topological polar surface area (TPSA) is 38.9 Å². The Morgan fingerprint density at radius 1 is 1.00 bits per heavy atom. The van der Waals surface area contributed by atoms with Crippen molar-refractivity contribution < 1.29 is 0 Å². The first-order valence-electron chi connectivity index (χ1n) is 6.91. The molecule has 1 unspecified atom stereocenters. The fraction of sp³-hybridized carbons (Fsp3) is 0.167. The quantitative estimate of drug-likeness (QED) is 0.780. The van der Waals surface area contributed by atoms with Crippen LogP contribution in [-0.2, 0) is 6.42 Å². The lowest BCUT2D eigenvalue weighted by molar-refractivity contribution is 0.738. The van der Waals surface area contributed by atoms with Crippen LogP contribution in [-0.4, -0.2) is 11.0 Å². The van der Waals surface area contributed by atoms with Gasteiger partial charge in [0.05, 0.1) is 0 Å². The van der Waals surface area contributed by atoms with E-state index in [4.69, 9.17) is 5.73 Å². The molecule has 0 aliphatic rings. The molecule has 0 fully saturated rings. The van der Waals surface area contributed by atoms with Crippen molar-refractivity contribution in [1.82, 2.24) is 4.98 Å². The Balaban J connectivity index is 2.03. The second kappa shape index (κ2) is 5.43. The van der Waals surface area contributed by atoms with E-state index in [9.17, 15) is 0 Å². The first-order valence-corrected chi connectivity index (χ1v) is 6.91. The Labute approximate surface area is 119 Å². The second-order valence-electron chi connectivity index (χ2n) is 5.29. The highest BCUT2D eigenvalue weighted by atomic mass is 14.6. The molecule has 3 rings (SSSR count). The summed E-state index contributed by atoms with van der Waals surface area (Å²) in [5.74, 6) is 0. The molecule has 2 N–H and O–H groups in total. The van der Waals surface area contributed by atoms with E-state index in [-0.39, 0.29) is 6.04 Å². The van der Waals surface area contributed by atoms with Crippen LogP contribution in [0.1, 0.15) is 12.5 Å². The zero-order chi connectivity index (χ0) is 13.9. The third-order valence-electron chi connectivity index (χ3n) is 3.49. The predicted octanol–water partition coefficient (Wildman–Crippen LogP) is 3.79. The van der Waals surface area contributed by atoms with Crippen LogP contribution in [0.5, 0.6) is 0 Å². The Morgan fingerprint density at radius 3 is 2.50 bits per heavy atom. The molecule has 0 aliphatic carbocycles. The number of rotatable bonds is 3. The minimum atomic E-state index is 0.195. The number of hydrogen-bond donors (Lipinski definition) is 1. The van der Waals surface area contributed by atoms with Crippen molar-refractivity contribution in [1.29, 1.82) is 0 Å². The van der Waals surface area contributed by atoms with Gasteiger partial charge in [0.2, 0.25) is 0 Å². The van der Waals surface area contributed by atoms with Gasteiger partial charge in [-0.3, -0.25) is 4.98 Å². The zero-order valence-corrected chi connectivity index (χ0v) is 11.6. The zero-order valence-electron chi connectivity index (χ0n) is 11.6. The number of fused-ring (bicyclic) bond motifs is 1. The summed E-state index contributed by atoms with van der Waals surface area (Å²) in [6.07, 6.45) is 4.75. The highest BCUT2D eigenvalue weighted by molar-refractivity contribution is 5.95. The van der Waals surface area contributed by atoms with Crippen molar-refractivity contribution in [3.05, 3.63) is 66.5 Å². The molecule has 0 saturated carbocycles. The summed E-state index contributed by atoms with van der Waals surface area (Å²) in [6, 6.07) is 17.2. The van der Waals surface area contributed by atoms with E-state index >= 15 is 0 Å². The summed E-state index contributed by atoms with van der Waals surface area (Å²) in [7, 11) is 0. The summed E-state index contributed by atoms with van der Waals surface area (Å²) < 4.78 is 0. The van der Waals surface area contributed by atoms with Gasteiger partial charge in [0.25, 0.3) is 0 Å². The van der Waals surface area contributed by atoms with Gasteiger partial charge in [0, 0.05) is 29.4 Å². The molecule has 3 aromatic rings. The lowest BCUT2D eigenvalue weighted by Gasteiger charge is -2.08. The van der Waals surface area contributed by atoms with Gasteiger partial charge in [0.1, 0.15) is 0 Å². The first-order chi connectivity index (χ1) is 9.74. The van der Waals surface area contributed by atoms with Crippen molar-refractivity contribution in [2.45, 2.75) is 19.4 Å². The maximum atomic E-state index is 5.84. The van der Waals surface area contributed by atoms with E-state index in [1.165, 1.54) is 27.5 Å². The van der Waals surface area contributed by atoms with Crippen molar-refractivity contribution in [3.8, 4) is 11.1 Å². The SMILES string of the molecule is CC(N)Cc1ccc(-c2cncc3ccccc23)cc1. The molecule has 100 valence electrons. The van der Waals surface area contributed by atoms with Crippen LogP contribution in [0.3, 0.4) is 0 Å². The van der Waals surface area contributed by atoms with E-state index in [0.29, 0.717) is 0 Å². The standard InChI is InChI=1S/C18H18N2/c1-13(19)10-14-6-8-15(9-7-14)18-12-20-11-16-4-2-3-5-17(16)18/h2-9,11-13H,10,19H2,1H3. The monoisotopic (exact) mass is 262 g/mol. The van der Waals surface area contributed by atoms with Gasteiger partial charge < -0.3 is 5.73 Å². The van der Waals surface area contributed by atoms with E-state index in [2.05, 4.69) is 47.4 Å². The minimum absolute atomic E-state index is 0.195. The predicted molar refractivity (Wildman–Crippen MR) is 84.5 cm³/mol. The van der Waals surface area contributed by atoms with Crippen LogP contribution in [0.4, 0.5) is 0 Å². The molecule has 0 spiro atoms. The molecule has 1 heterocycles. The molecule has 2 aromatic carbocycles. The molecule has 2 heteroatoms. The second-order valence-corrected chi connectivity index (χ2v) is 5.29. The normalized spacial score (nSPS) is 12.5. The highest BCUT2D eigenvalue weighted by Crippen LogP contribution is 2.27. The van der Waals surface area contributed by atoms with Crippen molar-refractivity contribution >= 4 is 10.8 Å². The summed E-state index contributed by atoms with van der Waals surface area (Å²) >= 11 is 0. The fourth-order valence-electron chi connectivity index (χ4n) is 2.54. The molecular weight excluding hydrogens is 244 g/mol. The van der Waals surface area contributed by atoms with Crippen LogP contribution < -0.4 is 5.73 Å². The maximum Gasteiger partial charge on any atom is 0.0352 e. The van der Waals surface area contributed by atoms with E-state index in [1.807, 2.05) is 25.4 Å². The van der Waals surface area contributed by atoms with Gasteiger partial charge in [-0.15, -0.1) is 0 Å². The average molecular weight is 262 g/mol. The summed E-state index contributed by atoms with van der Waals surface area (Å²) in [5, 5.41) is 2.41. The van der Waals surface area contributed by atoms with Gasteiger partial charge in [-0.2, -0.15) is 0 Å². The molecule has 0 bridgehead atoms. The van der Waals surface area contributed by atoms with Gasteiger partial charge >= 0.3 is 0 Å². The molecule has 20 heavy (non-hydrogen) atoms. The lowest BCUT2D eigenvalue weighted by atomic mass is 9.99. The van der Waals surface area contributed by atoms with E-state index < -0.39 is 0 Å². The summed E-state index contributed by atoms with van der Waals surface area (Å²) in [6.45, 7) is 2.03. The number of aromatic nitrogens is 1. The van der Waals surface area contributed by atoms with E-state index in [1.54, 1.807) is 0 Å². The Bertz CT molecular complexity index is 710. The molecule has 1 aromatic heterocycles. The van der Waals surface area contributed by atoms with Crippen molar-refractivity contribution in [2.75, 3.05) is 0 Å². The van der Waals surface area contributed by atoms with Crippen LogP contribution in [0.15, 0.2) is 60.9 Å². The highest BCUT2D eigenvalue weighted by Gasteiger charge is 2.04. The Hall–Kier alpha value is -2.19. The average Bonchev–Trinajstić information content (AvgIpc) is 2.47. The van der Waals surface area contributed by atoms with Crippen LogP contribution >= 0.6 is 0 Å². The summed E-state index contributed by atoms with van der Waals surface area (Å²) in [4.78, 5) is 4.34. The minimum Gasteiger partial charge on any atom is -0.328 e. The van der Waals surface area contributed by atoms with Crippen LogP contribution in [0.25, 0.3) is 21.9 Å². The van der Waals surface area contributed by atoms with E-state index in [0.717, 1.165) is 6.42 Å². The van der Waals surface area contributed by atoms with Crippen LogP contribution in [0.2, 0.25) is 0 Å². The number of pyridine rings is 1. The van der Waals surface area contributed by atoms with Gasteiger partial charge in [-0.25, -0.2) is 0 Å². The molecular formula is C18H18N2. The van der Waals surface area contributed by atoms with Crippen molar-refractivity contribution in [3.63, 3.8) is 0 Å². The fourth-order valence-corrected chi connectivity index (χ4v) is 2.54. The molecule has 1 atom stereocenters. The summed E-state index contributed by atoms with van der Waals surface area (Å²) in [5.41, 5.74) is 9.49. The molecule has 0 saturated heterocycles.